The van der Waals surface area contributed by atoms with Crippen LogP contribution in [0.25, 0.3) is 16.8 Å². The Balaban J connectivity index is 1.32. The molecule has 1 aliphatic rings. The summed E-state index contributed by atoms with van der Waals surface area (Å²) in [5.74, 6) is 1.11. The lowest BCUT2D eigenvalue weighted by molar-refractivity contribution is -0.117. The molecule has 0 unspecified atom stereocenters. The molecule has 0 radical (unpaired) electrons. The number of nitrogens with zero attached hydrogens (tertiary/aromatic N) is 5. The molecule has 1 amide bonds. The lowest BCUT2D eigenvalue weighted by Gasteiger charge is -2.07. The Morgan fingerprint density at radius 3 is 2.74 bits per heavy atom. The van der Waals surface area contributed by atoms with Gasteiger partial charge in [-0.15, -0.1) is 5.10 Å². The average molecular weight is 410 g/mol. The smallest absolute Gasteiger partial charge is 0.249 e. The molecule has 0 aliphatic heterocycles. The van der Waals surface area contributed by atoms with Crippen LogP contribution in [-0.2, 0) is 11.4 Å². The Bertz CT molecular complexity index is 1280. The van der Waals surface area contributed by atoms with Crippen molar-refractivity contribution in [1.82, 2.24) is 19.6 Å². The van der Waals surface area contributed by atoms with Crippen LogP contribution in [0.2, 0.25) is 0 Å². The first-order valence-electron chi connectivity index (χ1n) is 9.94. The minimum absolute atomic E-state index is 0.0179. The second-order valence-corrected chi connectivity index (χ2v) is 7.35. The third-order valence-electron chi connectivity index (χ3n) is 5.05. The van der Waals surface area contributed by atoms with Gasteiger partial charge in [-0.2, -0.15) is 10.2 Å². The molecule has 8 nitrogen and oxygen atoms in total. The van der Waals surface area contributed by atoms with E-state index in [0.717, 1.165) is 29.7 Å². The first-order chi connectivity index (χ1) is 15.2. The number of carbonyl (C=O) groups is 1. The van der Waals surface area contributed by atoms with Gasteiger partial charge in [-0.05, 0) is 54.8 Å². The molecule has 0 bridgehead atoms. The fraction of sp³-hybridized carbons (Fsp3) is 0.174. The third kappa shape index (κ3) is 4.07. The highest BCUT2D eigenvalue weighted by molar-refractivity contribution is 5.93. The molecular formula is C23H18N6O2. The molecule has 3 aromatic heterocycles. The Morgan fingerprint density at radius 1 is 1.19 bits per heavy atom. The number of carbonyl (C=O) groups excluding carboxylic acids is 1. The van der Waals surface area contributed by atoms with Crippen LogP contribution in [0.4, 0.5) is 5.95 Å². The van der Waals surface area contributed by atoms with E-state index in [1.54, 1.807) is 22.8 Å². The van der Waals surface area contributed by atoms with Crippen molar-refractivity contribution in [3.63, 3.8) is 0 Å². The molecule has 31 heavy (non-hydrogen) atoms. The minimum Gasteiger partial charge on any atom is -0.487 e. The van der Waals surface area contributed by atoms with Crippen LogP contribution < -0.4 is 10.1 Å². The number of fused-ring (bicyclic) bond motifs is 1. The Kier molecular flexibility index (Phi) is 4.77. The van der Waals surface area contributed by atoms with Crippen molar-refractivity contribution >= 4 is 17.5 Å². The molecule has 0 saturated heterocycles. The number of hydrogen-bond acceptors (Lipinski definition) is 6. The standard InChI is InChI=1S/C23H18N6O2/c24-12-15-3-8-18(25-13-15)14-31-19-9-6-16(7-10-19)20-2-1-11-29-21(20)26-23(28-29)27-22(30)17-4-5-17/h1-3,6-11,13,17H,4-5,14H2,(H,27,28,30). The van der Waals surface area contributed by atoms with E-state index in [1.807, 2.05) is 42.5 Å². The number of pyridine rings is 2. The van der Waals surface area contributed by atoms with Crippen LogP contribution in [0.1, 0.15) is 24.1 Å². The number of amides is 1. The van der Waals surface area contributed by atoms with Crippen LogP contribution in [0.15, 0.2) is 60.9 Å². The largest absolute Gasteiger partial charge is 0.487 e. The first-order valence-corrected chi connectivity index (χ1v) is 9.94. The normalized spacial score (nSPS) is 13.0. The van der Waals surface area contributed by atoms with Gasteiger partial charge in [0, 0.05) is 23.9 Å². The van der Waals surface area contributed by atoms with E-state index in [2.05, 4.69) is 20.4 Å². The van der Waals surface area contributed by atoms with Gasteiger partial charge in [0.25, 0.3) is 0 Å². The zero-order chi connectivity index (χ0) is 21.2. The maximum absolute atomic E-state index is 12.0. The number of anilines is 1. The SMILES string of the molecule is N#Cc1ccc(COc2ccc(-c3cccn4nc(NC(=O)C5CC5)nc34)cc2)nc1. The van der Waals surface area contributed by atoms with Crippen LogP contribution in [0, 0.1) is 17.2 Å². The molecule has 5 rings (SSSR count). The number of rotatable bonds is 6. The van der Waals surface area contributed by atoms with Crippen LogP contribution in [0.3, 0.4) is 0 Å². The summed E-state index contributed by atoms with van der Waals surface area (Å²) in [5, 5.41) is 16.0. The van der Waals surface area contributed by atoms with Gasteiger partial charge in [0.05, 0.1) is 11.3 Å². The number of ether oxygens (including phenoxy) is 1. The van der Waals surface area contributed by atoms with E-state index < -0.39 is 0 Å². The summed E-state index contributed by atoms with van der Waals surface area (Å²) in [6, 6.07) is 17.1. The molecule has 1 aromatic carbocycles. The molecule has 8 heteroatoms. The summed E-state index contributed by atoms with van der Waals surface area (Å²) < 4.78 is 7.46. The quantitative estimate of drug-likeness (QED) is 0.521. The van der Waals surface area contributed by atoms with E-state index in [9.17, 15) is 4.79 Å². The Hall–Kier alpha value is -4.25. The summed E-state index contributed by atoms with van der Waals surface area (Å²) in [4.78, 5) is 20.7. The molecule has 4 aromatic rings. The van der Waals surface area contributed by atoms with Gasteiger partial charge in [-0.1, -0.05) is 12.1 Å². The van der Waals surface area contributed by atoms with Crippen LogP contribution >= 0.6 is 0 Å². The maximum Gasteiger partial charge on any atom is 0.249 e. The summed E-state index contributed by atoms with van der Waals surface area (Å²) in [6.45, 7) is 0.314. The van der Waals surface area contributed by atoms with Crippen LogP contribution in [0.5, 0.6) is 5.75 Å². The molecule has 1 saturated carbocycles. The molecule has 1 N–H and O–H groups in total. The molecule has 0 spiro atoms. The summed E-state index contributed by atoms with van der Waals surface area (Å²) in [6.07, 6.45) is 5.20. The zero-order valence-corrected chi connectivity index (χ0v) is 16.5. The average Bonchev–Trinajstić information content (AvgIpc) is 3.58. The molecule has 1 fully saturated rings. The van der Waals surface area contributed by atoms with Crippen molar-refractivity contribution in [2.45, 2.75) is 19.4 Å². The lowest BCUT2D eigenvalue weighted by atomic mass is 10.1. The molecule has 3 heterocycles. The Morgan fingerprint density at radius 2 is 2.03 bits per heavy atom. The second kappa shape index (κ2) is 7.88. The summed E-state index contributed by atoms with van der Waals surface area (Å²) in [5.41, 5.74) is 3.80. The predicted octanol–water partition coefficient (Wildman–Crippen LogP) is 3.59. The topological polar surface area (TPSA) is 105 Å². The van der Waals surface area contributed by atoms with E-state index in [0.29, 0.717) is 29.5 Å². The highest BCUT2D eigenvalue weighted by Crippen LogP contribution is 2.30. The second-order valence-electron chi connectivity index (χ2n) is 7.35. The number of nitrogens with one attached hydrogen (secondary N) is 1. The monoisotopic (exact) mass is 410 g/mol. The summed E-state index contributed by atoms with van der Waals surface area (Å²) >= 11 is 0. The van der Waals surface area contributed by atoms with Crippen molar-refractivity contribution in [2.24, 2.45) is 5.92 Å². The molecule has 1 aliphatic carbocycles. The van der Waals surface area contributed by atoms with Crippen molar-refractivity contribution < 1.29 is 9.53 Å². The van der Waals surface area contributed by atoms with E-state index in [1.165, 1.54) is 6.20 Å². The maximum atomic E-state index is 12.0. The van der Waals surface area contributed by atoms with E-state index in [-0.39, 0.29) is 11.8 Å². The van der Waals surface area contributed by atoms with Gasteiger partial charge in [-0.3, -0.25) is 15.1 Å². The van der Waals surface area contributed by atoms with Gasteiger partial charge < -0.3 is 4.74 Å². The van der Waals surface area contributed by atoms with Gasteiger partial charge >= 0.3 is 0 Å². The van der Waals surface area contributed by atoms with Gasteiger partial charge in [0.15, 0.2) is 5.65 Å². The minimum atomic E-state index is -0.0179. The van der Waals surface area contributed by atoms with Crippen molar-refractivity contribution in [3.05, 3.63) is 72.2 Å². The van der Waals surface area contributed by atoms with Gasteiger partial charge in [0.1, 0.15) is 18.4 Å². The van der Waals surface area contributed by atoms with Crippen LogP contribution in [-0.4, -0.2) is 25.5 Å². The van der Waals surface area contributed by atoms with E-state index in [4.69, 9.17) is 10.00 Å². The van der Waals surface area contributed by atoms with Crippen molar-refractivity contribution in [1.29, 1.82) is 5.26 Å². The first kappa shape index (κ1) is 18.8. The summed E-state index contributed by atoms with van der Waals surface area (Å²) in [7, 11) is 0. The third-order valence-corrected chi connectivity index (χ3v) is 5.05. The van der Waals surface area contributed by atoms with Crippen molar-refractivity contribution in [3.8, 4) is 22.9 Å². The van der Waals surface area contributed by atoms with E-state index >= 15 is 0 Å². The number of benzene rings is 1. The number of nitriles is 1. The zero-order valence-electron chi connectivity index (χ0n) is 16.5. The van der Waals surface area contributed by atoms with Gasteiger partial charge in [-0.25, -0.2) is 4.52 Å². The Labute approximate surface area is 178 Å². The molecule has 0 atom stereocenters. The predicted molar refractivity (Wildman–Crippen MR) is 113 cm³/mol. The highest BCUT2D eigenvalue weighted by Gasteiger charge is 2.30. The van der Waals surface area contributed by atoms with Crippen molar-refractivity contribution in [2.75, 3.05) is 5.32 Å². The lowest BCUT2D eigenvalue weighted by Crippen LogP contribution is -2.14. The van der Waals surface area contributed by atoms with Gasteiger partial charge in [0.2, 0.25) is 11.9 Å². The molecular weight excluding hydrogens is 392 g/mol. The highest BCUT2D eigenvalue weighted by atomic mass is 16.5. The molecule has 152 valence electrons. The fourth-order valence-electron chi connectivity index (χ4n) is 3.21. The number of aromatic nitrogens is 4. The fourth-order valence-corrected chi connectivity index (χ4v) is 3.21. The number of hydrogen-bond donors (Lipinski definition) is 1.